The van der Waals surface area contributed by atoms with Crippen molar-refractivity contribution >= 4 is 17.4 Å². The standard InChI is InChI=1S/C16H23ClN4/c1-5-18-10-15-12(2)19-21(4)16(15)20(3)11-13-7-6-8-14(17)9-13/h6-9,18H,5,10-11H2,1-4H3. The summed E-state index contributed by atoms with van der Waals surface area (Å²) in [4.78, 5) is 2.22. The molecule has 0 unspecified atom stereocenters. The number of halogens is 1. The summed E-state index contributed by atoms with van der Waals surface area (Å²) >= 11 is 6.06. The van der Waals surface area contributed by atoms with Crippen LogP contribution in [0.4, 0.5) is 5.82 Å². The second-order valence-corrected chi connectivity index (χ2v) is 5.71. The van der Waals surface area contributed by atoms with E-state index in [0.29, 0.717) is 0 Å². The maximum absolute atomic E-state index is 6.06. The van der Waals surface area contributed by atoms with Crippen LogP contribution in [-0.2, 0) is 20.1 Å². The molecule has 0 saturated carbocycles. The van der Waals surface area contributed by atoms with E-state index in [-0.39, 0.29) is 0 Å². The predicted octanol–water partition coefficient (Wildman–Crippen LogP) is 3.13. The Labute approximate surface area is 131 Å². The lowest BCUT2D eigenvalue weighted by molar-refractivity contribution is 0.709. The van der Waals surface area contributed by atoms with Gasteiger partial charge >= 0.3 is 0 Å². The third kappa shape index (κ3) is 3.77. The smallest absolute Gasteiger partial charge is 0.131 e. The average Bonchev–Trinajstić information content (AvgIpc) is 2.70. The number of anilines is 1. The monoisotopic (exact) mass is 306 g/mol. The number of hydrogen-bond acceptors (Lipinski definition) is 3. The van der Waals surface area contributed by atoms with Crippen LogP contribution in [0.25, 0.3) is 0 Å². The third-order valence-electron chi connectivity index (χ3n) is 3.54. The molecule has 0 saturated heterocycles. The fourth-order valence-corrected chi connectivity index (χ4v) is 2.82. The van der Waals surface area contributed by atoms with Crippen LogP contribution in [-0.4, -0.2) is 23.4 Å². The van der Waals surface area contributed by atoms with Gasteiger partial charge in [0.05, 0.1) is 5.69 Å². The number of nitrogens with zero attached hydrogens (tertiary/aromatic N) is 3. The summed E-state index contributed by atoms with van der Waals surface area (Å²) in [5.74, 6) is 1.15. The van der Waals surface area contributed by atoms with Crippen LogP contribution in [0.2, 0.25) is 5.02 Å². The molecule has 21 heavy (non-hydrogen) atoms. The van der Waals surface area contributed by atoms with Crippen molar-refractivity contribution in [3.05, 3.63) is 46.1 Å². The normalized spacial score (nSPS) is 10.9. The van der Waals surface area contributed by atoms with Crippen molar-refractivity contribution in [2.75, 3.05) is 18.5 Å². The maximum atomic E-state index is 6.06. The quantitative estimate of drug-likeness (QED) is 0.890. The molecule has 0 spiro atoms. The third-order valence-corrected chi connectivity index (χ3v) is 3.77. The molecule has 114 valence electrons. The molecule has 0 amide bonds. The number of rotatable bonds is 6. The van der Waals surface area contributed by atoms with E-state index in [9.17, 15) is 0 Å². The molecule has 1 aromatic carbocycles. The largest absolute Gasteiger partial charge is 0.355 e. The van der Waals surface area contributed by atoms with Crippen molar-refractivity contribution in [1.82, 2.24) is 15.1 Å². The minimum absolute atomic E-state index is 0.773. The SMILES string of the molecule is CCNCc1c(C)nn(C)c1N(C)Cc1cccc(Cl)c1. The molecule has 1 aromatic heterocycles. The summed E-state index contributed by atoms with van der Waals surface area (Å²) < 4.78 is 1.95. The molecule has 0 aliphatic carbocycles. The second-order valence-electron chi connectivity index (χ2n) is 5.28. The van der Waals surface area contributed by atoms with Gasteiger partial charge in [-0.25, -0.2) is 0 Å². The van der Waals surface area contributed by atoms with Gasteiger partial charge in [0.15, 0.2) is 0 Å². The van der Waals surface area contributed by atoms with Crippen LogP contribution in [0.1, 0.15) is 23.7 Å². The van der Waals surface area contributed by atoms with Gasteiger partial charge in [-0.2, -0.15) is 5.10 Å². The van der Waals surface area contributed by atoms with Gasteiger partial charge in [-0.3, -0.25) is 4.68 Å². The van der Waals surface area contributed by atoms with Crippen LogP contribution >= 0.6 is 11.6 Å². The van der Waals surface area contributed by atoms with Crippen molar-refractivity contribution < 1.29 is 0 Å². The van der Waals surface area contributed by atoms with Gasteiger partial charge < -0.3 is 10.2 Å². The van der Waals surface area contributed by atoms with E-state index in [1.54, 1.807) is 0 Å². The predicted molar refractivity (Wildman–Crippen MR) is 88.9 cm³/mol. The Bertz CT molecular complexity index is 606. The second kappa shape index (κ2) is 6.96. The molecule has 1 heterocycles. The molecule has 0 bridgehead atoms. The Morgan fingerprint density at radius 1 is 1.38 bits per heavy atom. The zero-order chi connectivity index (χ0) is 15.4. The molecule has 0 radical (unpaired) electrons. The Balaban J connectivity index is 2.24. The topological polar surface area (TPSA) is 33.1 Å². The van der Waals surface area contributed by atoms with E-state index in [1.165, 1.54) is 11.1 Å². The minimum atomic E-state index is 0.773. The van der Waals surface area contributed by atoms with E-state index in [2.05, 4.69) is 42.3 Å². The molecule has 0 aliphatic rings. The first-order valence-electron chi connectivity index (χ1n) is 7.21. The highest BCUT2D eigenvalue weighted by atomic mass is 35.5. The fraction of sp³-hybridized carbons (Fsp3) is 0.438. The Hall–Kier alpha value is -1.52. The average molecular weight is 307 g/mol. The van der Waals surface area contributed by atoms with Crippen molar-refractivity contribution in [3.63, 3.8) is 0 Å². The molecule has 4 nitrogen and oxygen atoms in total. The number of benzene rings is 1. The summed E-state index contributed by atoms with van der Waals surface area (Å²) in [5, 5.41) is 8.71. The molecule has 0 fully saturated rings. The van der Waals surface area contributed by atoms with Gasteiger partial charge in [-0.15, -0.1) is 0 Å². The van der Waals surface area contributed by atoms with E-state index < -0.39 is 0 Å². The van der Waals surface area contributed by atoms with E-state index in [0.717, 1.165) is 36.2 Å². The van der Waals surface area contributed by atoms with Crippen LogP contribution in [0.3, 0.4) is 0 Å². The first kappa shape index (κ1) is 15.9. The van der Waals surface area contributed by atoms with Crippen molar-refractivity contribution in [2.45, 2.75) is 26.9 Å². The van der Waals surface area contributed by atoms with Gasteiger partial charge in [0, 0.05) is 37.8 Å². The van der Waals surface area contributed by atoms with Crippen LogP contribution in [0, 0.1) is 6.92 Å². The highest BCUT2D eigenvalue weighted by Gasteiger charge is 2.16. The lowest BCUT2D eigenvalue weighted by Crippen LogP contribution is -2.22. The van der Waals surface area contributed by atoms with Crippen molar-refractivity contribution in [1.29, 1.82) is 0 Å². The molecular formula is C16H23ClN4. The summed E-state index contributed by atoms with van der Waals surface area (Å²) in [6.07, 6.45) is 0. The summed E-state index contributed by atoms with van der Waals surface area (Å²) in [6, 6.07) is 7.98. The van der Waals surface area contributed by atoms with Crippen LogP contribution in [0.15, 0.2) is 24.3 Å². The summed E-state index contributed by atoms with van der Waals surface area (Å²) in [6.45, 7) is 6.76. The highest BCUT2D eigenvalue weighted by molar-refractivity contribution is 6.30. The highest BCUT2D eigenvalue weighted by Crippen LogP contribution is 2.24. The van der Waals surface area contributed by atoms with Crippen LogP contribution < -0.4 is 10.2 Å². The number of aryl methyl sites for hydroxylation is 2. The zero-order valence-corrected chi connectivity index (χ0v) is 13.9. The minimum Gasteiger partial charge on any atom is -0.355 e. The first-order valence-corrected chi connectivity index (χ1v) is 7.59. The summed E-state index contributed by atoms with van der Waals surface area (Å²) in [7, 11) is 4.08. The van der Waals surface area contributed by atoms with Gasteiger partial charge in [0.1, 0.15) is 5.82 Å². The number of hydrogen-bond donors (Lipinski definition) is 1. The molecule has 1 N–H and O–H groups in total. The Kier molecular flexibility index (Phi) is 5.26. The fourth-order valence-electron chi connectivity index (χ4n) is 2.61. The maximum Gasteiger partial charge on any atom is 0.131 e. The Morgan fingerprint density at radius 2 is 2.14 bits per heavy atom. The first-order chi connectivity index (χ1) is 10.0. The lowest BCUT2D eigenvalue weighted by atomic mass is 10.2. The number of nitrogens with one attached hydrogen (secondary N) is 1. The van der Waals surface area contributed by atoms with Gasteiger partial charge in [0.25, 0.3) is 0 Å². The lowest BCUT2D eigenvalue weighted by Gasteiger charge is -2.21. The van der Waals surface area contributed by atoms with Crippen LogP contribution in [0.5, 0.6) is 0 Å². The van der Waals surface area contributed by atoms with E-state index >= 15 is 0 Å². The molecule has 0 atom stereocenters. The van der Waals surface area contributed by atoms with Gasteiger partial charge in [-0.05, 0) is 31.2 Å². The van der Waals surface area contributed by atoms with E-state index in [4.69, 9.17) is 11.6 Å². The van der Waals surface area contributed by atoms with Crippen molar-refractivity contribution in [2.24, 2.45) is 7.05 Å². The van der Waals surface area contributed by atoms with E-state index in [1.807, 2.05) is 29.9 Å². The molecule has 2 rings (SSSR count). The van der Waals surface area contributed by atoms with Gasteiger partial charge in [0.2, 0.25) is 0 Å². The Morgan fingerprint density at radius 3 is 2.81 bits per heavy atom. The number of aromatic nitrogens is 2. The van der Waals surface area contributed by atoms with Crippen molar-refractivity contribution in [3.8, 4) is 0 Å². The molecule has 2 aromatic rings. The van der Waals surface area contributed by atoms with Gasteiger partial charge in [-0.1, -0.05) is 30.7 Å². The molecule has 0 aliphatic heterocycles. The summed E-state index contributed by atoms with van der Waals surface area (Å²) in [5.41, 5.74) is 3.52. The molecular weight excluding hydrogens is 284 g/mol. The molecule has 5 heteroatoms. The zero-order valence-electron chi connectivity index (χ0n) is 13.2.